The fraction of sp³-hybridized carbons (Fsp3) is 0.0870. The third-order valence-electron chi connectivity index (χ3n) is 3.97. The number of carbonyl (C=O) groups excluding carboxylic acids is 3. The van der Waals surface area contributed by atoms with E-state index in [1.54, 1.807) is 42.5 Å². The quantitative estimate of drug-likeness (QED) is 0.493. The first-order valence-electron chi connectivity index (χ1n) is 9.03. The molecule has 0 aliphatic rings. The lowest BCUT2D eigenvalue weighted by Crippen LogP contribution is -2.15. The summed E-state index contributed by atoms with van der Waals surface area (Å²) in [5.74, 6) is -0.658. The number of nitrogens with one attached hydrogen (secondary N) is 2. The SMILES string of the molecule is CC(=O)Oc1cccc(C(=O)Nc2cccc(NC(=O)Cc3ccccc3)c2)c1. The van der Waals surface area contributed by atoms with Crippen molar-refractivity contribution in [3.05, 3.63) is 90.0 Å². The topological polar surface area (TPSA) is 84.5 Å². The average Bonchev–Trinajstić information content (AvgIpc) is 2.68. The van der Waals surface area contributed by atoms with E-state index in [-0.39, 0.29) is 18.2 Å². The van der Waals surface area contributed by atoms with Crippen molar-refractivity contribution in [3.8, 4) is 5.75 Å². The zero-order valence-electron chi connectivity index (χ0n) is 15.8. The Labute approximate surface area is 168 Å². The predicted molar refractivity (Wildman–Crippen MR) is 111 cm³/mol. The summed E-state index contributed by atoms with van der Waals surface area (Å²) >= 11 is 0. The van der Waals surface area contributed by atoms with Crippen LogP contribution in [0.3, 0.4) is 0 Å². The monoisotopic (exact) mass is 388 g/mol. The van der Waals surface area contributed by atoms with Gasteiger partial charge in [0.2, 0.25) is 5.91 Å². The largest absolute Gasteiger partial charge is 0.427 e. The van der Waals surface area contributed by atoms with Gasteiger partial charge in [-0.05, 0) is 42.0 Å². The molecule has 0 radical (unpaired) electrons. The molecule has 3 rings (SSSR count). The number of hydrogen-bond donors (Lipinski definition) is 2. The molecule has 0 heterocycles. The minimum atomic E-state index is -0.457. The number of anilines is 2. The summed E-state index contributed by atoms with van der Waals surface area (Å²) in [6.07, 6.45) is 0.264. The molecule has 0 aliphatic heterocycles. The van der Waals surface area contributed by atoms with Gasteiger partial charge < -0.3 is 15.4 Å². The lowest BCUT2D eigenvalue weighted by molar-refractivity contribution is -0.131. The van der Waals surface area contributed by atoms with E-state index in [1.165, 1.54) is 13.0 Å². The van der Waals surface area contributed by atoms with Crippen molar-refractivity contribution in [2.75, 3.05) is 10.6 Å². The van der Waals surface area contributed by atoms with Crippen LogP contribution in [0.1, 0.15) is 22.8 Å². The van der Waals surface area contributed by atoms with Crippen molar-refractivity contribution in [2.24, 2.45) is 0 Å². The van der Waals surface area contributed by atoms with Crippen LogP contribution in [0.2, 0.25) is 0 Å². The number of amides is 2. The lowest BCUT2D eigenvalue weighted by atomic mass is 10.1. The fourth-order valence-electron chi connectivity index (χ4n) is 2.73. The van der Waals surface area contributed by atoms with Crippen molar-refractivity contribution < 1.29 is 19.1 Å². The van der Waals surface area contributed by atoms with Crippen LogP contribution in [0.25, 0.3) is 0 Å². The van der Waals surface area contributed by atoms with Crippen molar-refractivity contribution >= 4 is 29.2 Å². The van der Waals surface area contributed by atoms with Crippen molar-refractivity contribution in [2.45, 2.75) is 13.3 Å². The van der Waals surface area contributed by atoms with Crippen LogP contribution in [0.5, 0.6) is 5.75 Å². The second kappa shape index (κ2) is 9.32. The Kier molecular flexibility index (Phi) is 6.37. The van der Waals surface area contributed by atoms with Crippen LogP contribution in [0.4, 0.5) is 11.4 Å². The molecule has 0 aliphatic carbocycles. The third kappa shape index (κ3) is 6.04. The van der Waals surface area contributed by atoms with E-state index < -0.39 is 5.97 Å². The molecule has 146 valence electrons. The molecule has 0 bridgehead atoms. The molecule has 0 unspecified atom stereocenters. The minimum Gasteiger partial charge on any atom is -0.427 e. The molecule has 3 aromatic carbocycles. The van der Waals surface area contributed by atoms with Crippen LogP contribution in [-0.4, -0.2) is 17.8 Å². The molecule has 0 fully saturated rings. The van der Waals surface area contributed by atoms with Gasteiger partial charge in [0.25, 0.3) is 5.91 Å². The highest BCUT2D eigenvalue weighted by Gasteiger charge is 2.10. The molecule has 0 saturated heterocycles. The van der Waals surface area contributed by atoms with Crippen LogP contribution >= 0.6 is 0 Å². The minimum absolute atomic E-state index is 0.145. The Morgan fingerprint density at radius 1 is 0.793 bits per heavy atom. The summed E-state index contributed by atoms with van der Waals surface area (Å²) in [6, 6.07) is 22.7. The average molecular weight is 388 g/mol. The van der Waals surface area contributed by atoms with Gasteiger partial charge in [0.15, 0.2) is 0 Å². The number of benzene rings is 3. The Hall–Kier alpha value is -3.93. The zero-order chi connectivity index (χ0) is 20.6. The van der Waals surface area contributed by atoms with Gasteiger partial charge in [-0.1, -0.05) is 42.5 Å². The van der Waals surface area contributed by atoms with Crippen LogP contribution in [0.15, 0.2) is 78.9 Å². The molecule has 0 spiro atoms. The lowest BCUT2D eigenvalue weighted by Gasteiger charge is -2.10. The van der Waals surface area contributed by atoms with E-state index >= 15 is 0 Å². The van der Waals surface area contributed by atoms with E-state index in [9.17, 15) is 14.4 Å². The maximum absolute atomic E-state index is 12.5. The summed E-state index contributed by atoms with van der Waals surface area (Å²) in [6.45, 7) is 1.30. The Morgan fingerprint density at radius 3 is 2.21 bits per heavy atom. The normalized spacial score (nSPS) is 10.1. The van der Waals surface area contributed by atoms with Gasteiger partial charge in [0.05, 0.1) is 6.42 Å². The highest BCUT2D eigenvalue weighted by atomic mass is 16.5. The molecule has 0 aromatic heterocycles. The Balaban J connectivity index is 1.64. The van der Waals surface area contributed by atoms with Crippen LogP contribution in [-0.2, 0) is 16.0 Å². The van der Waals surface area contributed by atoms with E-state index in [0.29, 0.717) is 22.7 Å². The Bertz CT molecular complexity index is 1030. The second-order valence-corrected chi connectivity index (χ2v) is 6.37. The summed E-state index contributed by atoms with van der Waals surface area (Å²) in [5, 5.41) is 5.60. The fourth-order valence-corrected chi connectivity index (χ4v) is 2.73. The number of rotatable bonds is 6. The van der Waals surface area contributed by atoms with Gasteiger partial charge in [-0.25, -0.2) is 0 Å². The molecule has 3 aromatic rings. The van der Waals surface area contributed by atoms with Crippen LogP contribution < -0.4 is 15.4 Å². The molecule has 2 amide bonds. The molecule has 0 atom stereocenters. The zero-order valence-corrected chi connectivity index (χ0v) is 15.8. The molecule has 6 nitrogen and oxygen atoms in total. The molecule has 6 heteroatoms. The Morgan fingerprint density at radius 2 is 1.48 bits per heavy atom. The van der Waals surface area contributed by atoms with Gasteiger partial charge in [-0.15, -0.1) is 0 Å². The smallest absolute Gasteiger partial charge is 0.308 e. The van der Waals surface area contributed by atoms with Crippen molar-refractivity contribution in [1.82, 2.24) is 0 Å². The number of hydrogen-bond acceptors (Lipinski definition) is 4. The summed E-state index contributed by atoms with van der Waals surface area (Å²) in [5.41, 5.74) is 2.38. The number of ether oxygens (including phenoxy) is 1. The predicted octanol–water partition coefficient (Wildman–Crippen LogP) is 4.05. The first kappa shape index (κ1) is 19.8. The molecular formula is C23H20N2O4. The van der Waals surface area contributed by atoms with Gasteiger partial charge in [0, 0.05) is 23.9 Å². The standard InChI is InChI=1S/C23H20N2O4/c1-16(26)29-21-12-5-9-18(14-21)23(28)25-20-11-6-10-19(15-20)24-22(27)13-17-7-3-2-4-8-17/h2-12,14-15H,13H2,1H3,(H,24,27)(H,25,28). The molecule has 0 saturated carbocycles. The third-order valence-corrected chi connectivity index (χ3v) is 3.97. The number of carbonyl (C=O) groups is 3. The summed E-state index contributed by atoms with van der Waals surface area (Å²) in [7, 11) is 0. The molecule has 29 heavy (non-hydrogen) atoms. The van der Waals surface area contributed by atoms with Gasteiger partial charge >= 0.3 is 5.97 Å². The van der Waals surface area contributed by atoms with E-state index in [0.717, 1.165) is 5.56 Å². The van der Waals surface area contributed by atoms with E-state index in [2.05, 4.69) is 10.6 Å². The maximum Gasteiger partial charge on any atom is 0.308 e. The first-order valence-corrected chi connectivity index (χ1v) is 9.03. The van der Waals surface area contributed by atoms with Crippen molar-refractivity contribution in [3.63, 3.8) is 0 Å². The van der Waals surface area contributed by atoms with Crippen LogP contribution in [0, 0.1) is 0 Å². The second-order valence-electron chi connectivity index (χ2n) is 6.37. The summed E-state index contributed by atoms with van der Waals surface area (Å²) < 4.78 is 5.00. The van der Waals surface area contributed by atoms with Gasteiger partial charge in [0.1, 0.15) is 5.75 Å². The molecule has 2 N–H and O–H groups in total. The van der Waals surface area contributed by atoms with Gasteiger partial charge in [-0.2, -0.15) is 0 Å². The van der Waals surface area contributed by atoms with E-state index in [4.69, 9.17) is 4.74 Å². The van der Waals surface area contributed by atoms with Crippen molar-refractivity contribution in [1.29, 1.82) is 0 Å². The van der Waals surface area contributed by atoms with E-state index in [1.807, 2.05) is 30.3 Å². The number of esters is 1. The highest BCUT2D eigenvalue weighted by molar-refractivity contribution is 6.05. The summed E-state index contributed by atoms with van der Waals surface area (Å²) in [4.78, 5) is 35.8. The molecular weight excluding hydrogens is 368 g/mol. The van der Waals surface area contributed by atoms with Gasteiger partial charge in [-0.3, -0.25) is 14.4 Å². The first-order chi connectivity index (χ1) is 14.0. The maximum atomic E-state index is 12.5. The highest BCUT2D eigenvalue weighted by Crippen LogP contribution is 2.18.